The SMILES string of the molecule is Cc1ccnc(N2CCC[C@@H](C(=O)NCCCN3CCC(Cc4ccccc4)CC3)C2)n1. The number of aromatic nitrogens is 2. The van der Waals surface area contributed by atoms with Crippen LogP contribution in [-0.4, -0.2) is 60.0 Å². The minimum atomic E-state index is 0.0293. The minimum Gasteiger partial charge on any atom is -0.356 e. The highest BCUT2D eigenvalue weighted by Crippen LogP contribution is 2.22. The van der Waals surface area contributed by atoms with Crippen LogP contribution in [0.1, 0.15) is 43.4 Å². The van der Waals surface area contributed by atoms with Crippen molar-refractivity contribution in [2.45, 2.75) is 45.4 Å². The number of likely N-dealkylation sites (tertiary alicyclic amines) is 1. The molecule has 2 aliphatic heterocycles. The number of amides is 1. The van der Waals surface area contributed by atoms with E-state index in [-0.39, 0.29) is 11.8 Å². The summed E-state index contributed by atoms with van der Waals surface area (Å²) in [6.45, 7) is 7.81. The monoisotopic (exact) mass is 435 g/mol. The second kappa shape index (κ2) is 11.4. The zero-order chi connectivity index (χ0) is 22.2. The van der Waals surface area contributed by atoms with Crippen LogP contribution in [0.2, 0.25) is 0 Å². The normalized spacial score (nSPS) is 20.3. The number of nitrogens with one attached hydrogen (secondary N) is 1. The molecule has 2 aliphatic rings. The molecular weight excluding hydrogens is 398 g/mol. The third-order valence-electron chi connectivity index (χ3n) is 6.88. The Hall–Kier alpha value is -2.47. The number of anilines is 1. The van der Waals surface area contributed by atoms with Gasteiger partial charge in [-0.3, -0.25) is 4.79 Å². The van der Waals surface area contributed by atoms with Gasteiger partial charge in [0.2, 0.25) is 11.9 Å². The molecule has 1 amide bonds. The van der Waals surface area contributed by atoms with Crippen LogP contribution in [0.4, 0.5) is 5.95 Å². The van der Waals surface area contributed by atoms with Crippen LogP contribution in [0.15, 0.2) is 42.6 Å². The topological polar surface area (TPSA) is 61.4 Å². The van der Waals surface area contributed by atoms with Crippen molar-refractivity contribution >= 4 is 11.9 Å². The van der Waals surface area contributed by atoms with Crippen molar-refractivity contribution in [3.63, 3.8) is 0 Å². The van der Waals surface area contributed by atoms with Crippen molar-refractivity contribution in [1.82, 2.24) is 20.2 Å². The van der Waals surface area contributed by atoms with Gasteiger partial charge >= 0.3 is 0 Å². The molecule has 0 spiro atoms. The fraction of sp³-hybridized carbons (Fsp3) is 0.577. The quantitative estimate of drug-likeness (QED) is 0.644. The molecule has 4 rings (SSSR count). The molecule has 2 aromatic rings. The van der Waals surface area contributed by atoms with Gasteiger partial charge in [-0.25, -0.2) is 9.97 Å². The number of hydrogen-bond acceptors (Lipinski definition) is 5. The lowest BCUT2D eigenvalue weighted by molar-refractivity contribution is -0.125. The third kappa shape index (κ3) is 6.52. The highest BCUT2D eigenvalue weighted by molar-refractivity contribution is 5.79. The number of hydrogen-bond donors (Lipinski definition) is 1. The molecular formula is C26H37N5O. The lowest BCUT2D eigenvalue weighted by atomic mass is 9.90. The largest absolute Gasteiger partial charge is 0.356 e. The molecule has 1 atom stereocenters. The Labute approximate surface area is 192 Å². The molecule has 0 aliphatic carbocycles. The zero-order valence-corrected chi connectivity index (χ0v) is 19.4. The Morgan fingerprint density at radius 2 is 1.91 bits per heavy atom. The summed E-state index contributed by atoms with van der Waals surface area (Å²) in [4.78, 5) is 26.3. The van der Waals surface area contributed by atoms with E-state index >= 15 is 0 Å². The summed E-state index contributed by atoms with van der Waals surface area (Å²) in [7, 11) is 0. The van der Waals surface area contributed by atoms with E-state index in [2.05, 4.69) is 55.4 Å². The van der Waals surface area contributed by atoms with Crippen LogP contribution in [0.5, 0.6) is 0 Å². The second-order valence-electron chi connectivity index (χ2n) is 9.40. The van der Waals surface area contributed by atoms with E-state index < -0.39 is 0 Å². The van der Waals surface area contributed by atoms with E-state index in [0.29, 0.717) is 6.54 Å². The third-order valence-corrected chi connectivity index (χ3v) is 6.88. The molecule has 172 valence electrons. The Balaban J connectivity index is 1.12. The molecule has 1 aromatic heterocycles. The zero-order valence-electron chi connectivity index (χ0n) is 19.4. The molecule has 2 fully saturated rings. The van der Waals surface area contributed by atoms with Gasteiger partial charge in [0.1, 0.15) is 0 Å². The fourth-order valence-corrected chi connectivity index (χ4v) is 4.98. The highest BCUT2D eigenvalue weighted by atomic mass is 16.1. The maximum absolute atomic E-state index is 12.7. The Bertz CT molecular complexity index is 850. The van der Waals surface area contributed by atoms with Gasteiger partial charge in [0.15, 0.2) is 0 Å². The van der Waals surface area contributed by atoms with Gasteiger partial charge in [-0.15, -0.1) is 0 Å². The Morgan fingerprint density at radius 1 is 1.09 bits per heavy atom. The molecule has 2 saturated heterocycles. The number of nitrogens with zero attached hydrogens (tertiary/aromatic N) is 4. The summed E-state index contributed by atoms with van der Waals surface area (Å²) < 4.78 is 0. The number of carbonyl (C=O) groups is 1. The van der Waals surface area contributed by atoms with Crippen LogP contribution in [0.3, 0.4) is 0 Å². The number of aryl methyl sites for hydroxylation is 1. The van der Waals surface area contributed by atoms with Crippen molar-refractivity contribution in [2.24, 2.45) is 11.8 Å². The fourth-order valence-electron chi connectivity index (χ4n) is 4.98. The summed E-state index contributed by atoms with van der Waals surface area (Å²) in [6.07, 6.45) is 8.53. The first-order valence-corrected chi connectivity index (χ1v) is 12.3. The van der Waals surface area contributed by atoms with E-state index in [9.17, 15) is 4.79 Å². The van der Waals surface area contributed by atoms with Gasteiger partial charge in [0.25, 0.3) is 0 Å². The van der Waals surface area contributed by atoms with E-state index in [4.69, 9.17) is 0 Å². The molecule has 1 aromatic carbocycles. The average molecular weight is 436 g/mol. The summed E-state index contributed by atoms with van der Waals surface area (Å²) in [6, 6.07) is 12.8. The maximum atomic E-state index is 12.7. The molecule has 0 bridgehead atoms. The van der Waals surface area contributed by atoms with Crippen LogP contribution in [-0.2, 0) is 11.2 Å². The average Bonchev–Trinajstić information content (AvgIpc) is 2.83. The molecule has 1 N–H and O–H groups in total. The molecule has 6 nitrogen and oxygen atoms in total. The van der Waals surface area contributed by atoms with Crippen molar-refractivity contribution < 1.29 is 4.79 Å². The summed E-state index contributed by atoms with van der Waals surface area (Å²) >= 11 is 0. The first kappa shape index (κ1) is 22.7. The predicted octanol–water partition coefficient (Wildman–Crippen LogP) is 3.46. The molecule has 0 unspecified atom stereocenters. The first-order valence-electron chi connectivity index (χ1n) is 12.3. The van der Waals surface area contributed by atoms with E-state index in [1.165, 1.54) is 37.9 Å². The van der Waals surface area contributed by atoms with Crippen molar-refractivity contribution in [3.05, 3.63) is 53.9 Å². The van der Waals surface area contributed by atoms with E-state index in [1.54, 1.807) is 6.20 Å². The van der Waals surface area contributed by atoms with Crippen LogP contribution < -0.4 is 10.2 Å². The number of piperidine rings is 2. The molecule has 32 heavy (non-hydrogen) atoms. The van der Waals surface area contributed by atoms with E-state index in [1.807, 2.05) is 13.0 Å². The van der Waals surface area contributed by atoms with Gasteiger partial charge in [-0.05, 0) is 82.6 Å². The molecule has 0 saturated carbocycles. The standard InChI is InChI=1S/C26H37N5O/c1-21-10-14-28-26(29-21)31-16-5-9-24(20-31)25(32)27-13-6-15-30-17-11-23(12-18-30)19-22-7-3-2-4-8-22/h2-4,7-8,10,14,23-24H,5-6,9,11-13,15-20H2,1H3,(H,27,32)/t24-/m1/s1. The Morgan fingerprint density at radius 3 is 2.69 bits per heavy atom. The smallest absolute Gasteiger partial charge is 0.225 e. The van der Waals surface area contributed by atoms with Crippen molar-refractivity contribution in [2.75, 3.05) is 44.2 Å². The molecule has 0 radical (unpaired) electrons. The maximum Gasteiger partial charge on any atom is 0.225 e. The lowest BCUT2D eigenvalue weighted by Crippen LogP contribution is -2.44. The summed E-state index contributed by atoms with van der Waals surface area (Å²) in [5.41, 5.74) is 2.43. The van der Waals surface area contributed by atoms with Gasteiger partial charge in [0.05, 0.1) is 5.92 Å². The molecule has 6 heteroatoms. The first-order chi connectivity index (χ1) is 15.7. The highest BCUT2D eigenvalue weighted by Gasteiger charge is 2.27. The van der Waals surface area contributed by atoms with Crippen LogP contribution in [0, 0.1) is 18.8 Å². The van der Waals surface area contributed by atoms with Gasteiger partial charge in [0, 0.05) is 31.5 Å². The van der Waals surface area contributed by atoms with Gasteiger partial charge in [-0.1, -0.05) is 30.3 Å². The van der Waals surface area contributed by atoms with Gasteiger partial charge in [-0.2, -0.15) is 0 Å². The number of carbonyl (C=O) groups excluding carboxylic acids is 1. The summed E-state index contributed by atoms with van der Waals surface area (Å²) in [5, 5.41) is 3.18. The Kier molecular flexibility index (Phi) is 8.10. The van der Waals surface area contributed by atoms with Crippen LogP contribution in [0.25, 0.3) is 0 Å². The van der Waals surface area contributed by atoms with Crippen LogP contribution >= 0.6 is 0 Å². The predicted molar refractivity (Wildman–Crippen MR) is 129 cm³/mol. The lowest BCUT2D eigenvalue weighted by Gasteiger charge is -2.33. The number of rotatable bonds is 8. The second-order valence-corrected chi connectivity index (χ2v) is 9.40. The van der Waals surface area contributed by atoms with Crippen molar-refractivity contribution in [3.8, 4) is 0 Å². The van der Waals surface area contributed by atoms with E-state index in [0.717, 1.165) is 56.5 Å². The van der Waals surface area contributed by atoms with Gasteiger partial charge < -0.3 is 15.1 Å². The summed E-state index contributed by atoms with van der Waals surface area (Å²) in [5.74, 6) is 1.77. The molecule has 3 heterocycles. The number of benzene rings is 1. The minimum absolute atomic E-state index is 0.0293. The van der Waals surface area contributed by atoms with Crippen molar-refractivity contribution in [1.29, 1.82) is 0 Å².